The maximum Gasteiger partial charge on any atom is 0.252 e. The second-order valence-corrected chi connectivity index (χ2v) is 6.61. The van der Waals surface area contributed by atoms with Crippen molar-refractivity contribution in [3.63, 3.8) is 0 Å². The summed E-state index contributed by atoms with van der Waals surface area (Å²) in [5.41, 5.74) is 1.41. The molecule has 0 aliphatic heterocycles. The first-order valence-corrected chi connectivity index (χ1v) is 7.67. The number of hydrogen-bond donors (Lipinski definition) is 1. The average molecular weight is 351 g/mol. The van der Waals surface area contributed by atoms with Crippen molar-refractivity contribution in [2.24, 2.45) is 0 Å². The molecule has 3 heterocycles. The molecule has 0 fully saturated rings. The lowest BCUT2D eigenvalue weighted by molar-refractivity contribution is 0.0938. The molecule has 0 aromatic carbocycles. The lowest BCUT2D eigenvalue weighted by Crippen LogP contribution is -2.27. The molecule has 0 aliphatic rings. The van der Waals surface area contributed by atoms with Crippen LogP contribution in [-0.2, 0) is 0 Å². The van der Waals surface area contributed by atoms with Gasteiger partial charge in [-0.05, 0) is 41.1 Å². The van der Waals surface area contributed by atoms with Crippen molar-refractivity contribution in [2.75, 3.05) is 0 Å². The summed E-state index contributed by atoms with van der Waals surface area (Å²) in [5.74, 6) is 0.593. The lowest BCUT2D eigenvalue weighted by atomic mass is 10.2. The molecule has 20 heavy (non-hydrogen) atoms. The molecule has 5 nitrogen and oxygen atoms in total. The van der Waals surface area contributed by atoms with Gasteiger partial charge in [0, 0.05) is 11.6 Å². The molecule has 1 unspecified atom stereocenters. The average Bonchev–Trinajstić information content (AvgIpc) is 3.04. The third-order valence-corrected chi connectivity index (χ3v) is 4.41. The van der Waals surface area contributed by atoms with Crippen molar-refractivity contribution in [1.82, 2.24) is 19.9 Å². The van der Waals surface area contributed by atoms with Crippen LogP contribution in [0.25, 0.3) is 5.65 Å². The van der Waals surface area contributed by atoms with E-state index in [1.807, 2.05) is 41.1 Å². The van der Waals surface area contributed by atoms with Gasteiger partial charge in [-0.25, -0.2) is 0 Å². The summed E-state index contributed by atoms with van der Waals surface area (Å²) in [6.07, 6.45) is 1.88. The molecule has 0 spiro atoms. The summed E-state index contributed by atoms with van der Waals surface area (Å²) in [6.45, 7) is 1.89. The van der Waals surface area contributed by atoms with Crippen LogP contribution in [0.1, 0.15) is 29.1 Å². The topological polar surface area (TPSA) is 59.3 Å². The van der Waals surface area contributed by atoms with Crippen molar-refractivity contribution in [1.29, 1.82) is 0 Å². The van der Waals surface area contributed by atoms with Gasteiger partial charge < -0.3 is 5.32 Å². The highest BCUT2D eigenvalue weighted by atomic mass is 79.9. The number of halogens is 1. The molecule has 102 valence electrons. The Morgan fingerprint density at radius 1 is 1.45 bits per heavy atom. The largest absolute Gasteiger partial charge is 0.342 e. The number of carbonyl (C=O) groups is 1. The highest BCUT2D eigenvalue weighted by Gasteiger charge is 2.17. The van der Waals surface area contributed by atoms with Gasteiger partial charge in [0.1, 0.15) is 0 Å². The molecule has 1 amide bonds. The number of aromatic nitrogens is 3. The van der Waals surface area contributed by atoms with Crippen molar-refractivity contribution in [3.05, 3.63) is 51.0 Å². The van der Waals surface area contributed by atoms with E-state index in [1.165, 1.54) is 11.3 Å². The molecule has 1 N–H and O–H groups in total. The SMILES string of the molecule is CC(NC(=O)c1csc(Br)c1)c1nnc2ccccn12. The Morgan fingerprint density at radius 2 is 2.30 bits per heavy atom. The molecule has 0 saturated carbocycles. The van der Waals surface area contributed by atoms with Crippen molar-refractivity contribution in [2.45, 2.75) is 13.0 Å². The van der Waals surface area contributed by atoms with Crippen LogP contribution in [-0.4, -0.2) is 20.5 Å². The Bertz CT molecular complexity index is 766. The number of pyridine rings is 1. The number of hydrogen-bond acceptors (Lipinski definition) is 4. The van der Waals surface area contributed by atoms with Crippen molar-refractivity contribution in [3.8, 4) is 0 Å². The molecule has 7 heteroatoms. The monoisotopic (exact) mass is 350 g/mol. The quantitative estimate of drug-likeness (QED) is 0.789. The van der Waals surface area contributed by atoms with E-state index >= 15 is 0 Å². The molecule has 0 radical (unpaired) electrons. The standard InChI is InChI=1S/C13H11BrN4OS/c1-8(15-13(19)9-6-10(14)20-7-9)12-17-16-11-4-2-3-5-18(11)12/h2-8H,1H3,(H,15,19). The maximum atomic E-state index is 12.1. The van der Waals surface area contributed by atoms with Gasteiger partial charge in [0.15, 0.2) is 11.5 Å². The Balaban J connectivity index is 1.82. The first-order chi connectivity index (χ1) is 9.65. The molecular weight excluding hydrogens is 340 g/mol. The van der Waals surface area contributed by atoms with E-state index in [9.17, 15) is 4.79 Å². The van der Waals surface area contributed by atoms with Gasteiger partial charge in [-0.3, -0.25) is 9.20 Å². The minimum Gasteiger partial charge on any atom is -0.342 e. The van der Waals surface area contributed by atoms with Crippen LogP contribution >= 0.6 is 27.3 Å². The Labute approximate surface area is 127 Å². The van der Waals surface area contributed by atoms with Crippen LogP contribution in [0.2, 0.25) is 0 Å². The molecule has 3 aromatic heterocycles. The molecular formula is C13H11BrN4OS. The summed E-state index contributed by atoms with van der Waals surface area (Å²) in [6, 6.07) is 7.26. The number of nitrogens with one attached hydrogen (secondary N) is 1. The van der Waals surface area contributed by atoms with Gasteiger partial charge in [-0.15, -0.1) is 21.5 Å². The fourth-order valence-electron chi connectivity index (χ4n) is 1.93. The van der Waals surface area contributed by atoms with Crippen LogP contribution < -0.4 is 5.32 Å². The molecule has 0 aliphatic carbocycles. The molecule has 3 aromatic rings. The number of carbonyl (C=O) groups excluding carboxylic acids is 1. The van der Waals surface area contributed by atoms with Crippen molar-refractivity contribution >= 4 is 38.8 Å². The second kappa shape index (κ2) is 5.34. The van der Waals surface area contributed by atoms with Crippen LogP contribution in [0.3, 0.4) is 0 Å². The van der Waals surface area contributed by atoms with Gasteiger partial charge in [-0.1, -0.05) is 6.07 Å². The smallest absolute Gasteiger partial charge is 0.252 e. The highest BCUT2D eigenvalue weighted by Crippen LogP contribution is 2.21. The first-order valence-electron chi connectivity index (χ1n) is 5.99. The lowest BCUT2D eigenvalue weighted by Gasteiger charge is -2.11. The summed E-state index contributed by atoms with van der Waals surface area (Å²) in [4.78, 5) is 12.1. The zero-order chi connectivity index (χ0) is 14.1. The van der Waals surface area contributed by atoms with Crippen LogP contribution in [0.5, 0.6) is 0 Å². The predicted molar refractivity (Wildman–Crippen MR) is 80.9 cm³/mol. The first kappa shape index (κ1) is 13.3. The number of amides is 1. The Morgan fingerprint density at radius 3 is 3.05 bits per heavy atom. The van der Waals surface area contributed by atoms with Gasteiger partial charge >= 0.3 is 0 Å². The molecule has 1 atom stereocenters. The molecule has 0 saturated heterocycles. The summed E-state index contributed by atoms with van der Waals surface area (Å²) in [5, 5.41) is 13.0. The number of thiophene rings is 1. The van der Waals surface area contributed by atoms with Crippen LogP contribution in [0.4, 0.5) is 0 Å². The van der Waals surface area contributed by atoms with Crippen LogP contribution in [0, 0.1) is 0 Å². The zero-order valence-electron chi connectivity index (χ0n) is 10.6. The van der Waals surface area contributed by atoms with Crippen molar-refractivity contribution < 1.29 is 4.79 Å². The van der Waals surface area contributed by atoms with E-state index in [4.69, 9.17) is 0 Å². The molecule has 3 rings (SSSR count). The third kappa shape index (κ3) is 2.46. The maximum absolute atomic E-state index is 12.1. The van der Waals surface area contributed by atoms with Crippen LogP contribution in [0.15, 0.2) is 39.6 Å². The number of fused-ring (bicyclic) bond motifs is 1. The summed E-state index contributed by atoms with van der Waals surface area (Å²) < 4.78 is 2.80. The van der Waals surface area contributed by atoms with Gasteiger partial charge in [0.2, 0.25) is 0 Å². The van der Waals surface area contributed by atoms with Gasteiger partial charge in [-0.2, -0.15) is 0 Å². The van der Waals surface area contributed by atoms with E-state index < -0.39 is 0 Å². The summed E-state index contributed by atoms with van der Waals surface area (Å²) in [7, 11) is 0. The molecule has 0 bridgehead atoms. The highest BCUT2D eigenvalue weighted by molar-refractivity contribution is 9.11. The minimum atomic E-state index is -0.224. The number of nitrogens with zero attached hydrogens (tertiary/aromatic N) is 3. The third-order valence-electron chi connectivity index (χ3n) is 2.90. The fourth-order valence-corrected chi connectivity index (χ4v) is 3.07. The zero-order valence-corrected chi connectivity index (χ0v) is 13.0. The predicted octanol–water partition coefficient (Wildman–Crippen LogP) is 3.04. The number of rotatable bonds is 3. The Kier molecular flexibility index (Phi) is 3.54. The van der Waals surface area contributed by atoms with Gasteiger partial charge in [0.05, 0.1) is 15.4 Å². The second-order valence-electron chi connectivity index (χ2n) is 4.32. The van der Waals surface area contributed by atoms with E-state index in [2.05, 4.69) is 31.4 Å². The van der Waals surface area contributed by atoms with E-state index in [0.717, 1.165) is 9.43 Å². The van der Waals surface area contributed by atoms with E-state index in [0.29, 0.717) is 11.4 Å². The van der Waals surface area contributed by atoms with Gasteiger partial charge in [0.25, 0.3) is 5.91 Å². The summed E-state index contributed by atoms with van der Waals surface area (Å²) >= 11 is 4.83. The fraction of sp³-hybridized carbons (Fsp3) is 0.154. The Hall–Kier alpha value is -1.73. The van der Waals surface area contributed by atoms with E-state index in [1.54, 1.807) is 6.07 Å². The van der Waals surface area contributed by atoms with E-state index in [-0.39, 0.29) is 11.9 Å². The normalized spacial score (nSPS) is 12.5. The minimum absolute atomic E-state index is 0.118.